The minimum Gasteiger partial charge on any atom is -0.473 e. The van der Waals surface area contributed by atoms with Crippen LogP contribution in [0, 0.1) is 6.92 Å². The van der Waals surface area contributed by atoms with Crippen LogP contribution in [0.3, 0.4) is 0 Å². The molecule has 0 aromatic heterocycles. The molecule has 86 valence electrons. The number of carboxylic acids is 1. The molecule has 0 amide bonds. The highest BCUT2D eigenvalue weighted by Crippen LogP contribution is 2.27. The molecule has 0 unspecified atom stereocenters. The van der Waals surface area contributed by atoms with Gasteiger partial charge in [0.15, 0.2) is 0 Å². The molecule has 0 saturated carbocycles. The molecule has 0 fully saturated rings. The summed E-state index contributed by atoms with van der Waals surface area (Å²) in [4.78, 5) is 21.4. The largest absolute Gasteiger partial charge is 0.473 e. The fraction of sp³-hybridized carbons (Fsp3) is 0.333. The number of carbonyl (C=O) groups is 2. The average Bonchev–Trinajstić information content (AvgIpc) is 2.17. The van der Waals surface area contributed by atoms with Crippen molar-refractivity contribution in [1.29, 1.82) is 0 Å². The highest BCUT2D eigenvalue weighted by molar-refractivity contribution is 6.28. The lowest BCUT2D eigenvalue weighted by atomic mass is 9.94. The van der Waals surface area contributed by atoms with Crippen LogP contribution in [0.25, 0.3) is 0 Å². The van der Waals surface area contributed by atoms with Gasteiger partial charge in [0, 0.05) is 0 Å². The molecule has 0 aliphatic heterocycles. The van der Waals surface area contributed by atoms with Crippen LogP contribution < -0.4 is 0 Å². The van der Waals surface area contributed by atoms with E-state index in [-0.39, 0.29) is 0 Å². The quantitative estimate of drug-likeness (QED) is 0.612. The smallest absolute Gasteiger partial charge is 0.418 e. The molecule has 0 radical (unpaired) electrons. The van der Waals surface area contributed by atoms with Crippen LogP contribution in [0.2, 0.25) is 0 Å². The lowest BCUT2D eigenvalue weighted by Gasteiger charge is -2.26. The molecule has 0 spiro atoms. The molecule has 0 saturated heterocycles. The summed E-state index contributed by atoms with van der Waals surface area (Å²) in [6.07, 6.45) is 0. The van der Waals surface area contributed by atoms with E-state index < -0.39 is 17.5 Å². The van der Waals surface area contributed by atoms with Gasteiger partial charge in [-0.15, -0.1) is 0 Å². The first-order chi connectivity index (χ1) is 7.34. The van der Waals surface area contributed by atoms with Crippen molar-refractivity contribution in [1.82, 2.24) is 0 Å². The van der Waals surface area contributed by atoms with Crippen molar-refractivity contribution in [2.45, 2.75) is 26.4 Å². The Bertz CT molecular complexity index is 421. The maximum absolute atomic E-state index is 11.0. The van der Waals surface area contributed by atoms with Crippen molar-refractivity contribution < 1.29 is 19.4 Å². The third-order valence-electron chi connectivity index (χ3n) is 2.32. The summed E-state index contributed by atoms with van der Waals surface area (Å²) in [5.41, 5.74) is 0.802. The summed E-state index contributed by atoms with van der Waals surface area (Å²) < 4.78 is 4.93. The topological polar surface area (TPSA) is 63.6 Å². The Kier molecular flexibility index (Phi) is 3.32. The number of hydrogen-bond donors (Lipinski definition) is 1. The Morgan fingerprint density at radius 1 is 1.25 bits per heavy atom. The van der Waals surface area contributed by atoms with Gasteiger partial charge in [-0.2, -0.15) is 0 Å². The van der Waals surface area contributed by atoms with E-state index in [0.29, 0.717) is 0 Å². The van der Waals surface area contributed by atoms with Crippen molar-refractivity contribution in [3.8, 4) is 0 Å². The summed E-state index contributed by atoms with van der Waals surface area (Å²) in [6, 6.07) is 7.38. The SMILES string of the molecule is Cc1ccccc1C(C)(C)OC(=O)C(=O)O. The summed E-state index contributed by atoms with van der Waals surface area (Å²) in [5.74, 6) is -2.82. The van der Waals surface area contributed by atoms with Crippen molar-refractivity contribution in [2.75, 3.05) is 0 Å². The number of benzene rings is 1. The van der Waals surface area contributed by atoms with Gasteiger partial charge >= 0.3 is 11.9 Å². The molecule has 0 aliphatic carbocycles. The van der Waals surface area contributed by atoms with Crippen LogP contribution in [-0.2, 0) is 19.9 Å². The van der Waals surface area contributed by atoms with Crippen molar-refractivity contribution in [3.63, 3.8) is 0 Å². The standard InChI is InChI=1S/C12H14O4/c1-8-6-4-5-7-9(8)12(2,3)16-11(15)10(13)14/h4-7H,1-3H3,(H,13,14). The van der Waals surface area contributed by atoms with Crippen molar-refractivity contribution in [2.24, 2.45) is 0 Å². The van der Waals surface area contributed by atoms with E-state index in [0.717, 1.165) is 11.1 Å². The number of carboxylic acid groups (broad SMARTS) is 1. The summed E-state index contributed by atoms with van der Waals surface area (Å²) in [7, 11) is 0. The number of carbonyl (C=O) groups excluding carboxylic acids is 1. The highest BCUT2D eigenvalue weighted by Gasteiger charge is 2.29. The molecule has 4 heteroatoms. The Morgan fingerprint density at radius 3 is 2.31 bits per heavy atom. The van der Waals surface area contributed by atoms with E-state index in [1.807, 2.05) is 31.2 Å². The van der Waals surface area contributed by atoms with E-state index in [1.165, 1.54) is 0 Å². The number of aliphatic carboxylic acids is 1. The third kappa shape index (κ3) is 2.59. The van der Waals surface area contributed by atoms with Crippen molar-refractivity contribution >= 4 is 11.9 Å². The van der Waals surface area contributed by atoms with Gasteiger partial charge in [0.2, 0.25) is 0 Å². The second-order valence-electron chi connectivity index (χ2n) is 4.02. The molecule has 16 heavy (non-hydrogen) atoms. The molecule has 0 atom stereocenters. The number of aryl methyl sites for hydroxylation is 1. The summed E-state index contributed by atoms with van der Waals surface area (Å²) in [5, 5.41) is 8.49. The van der Waals surface area contributed by atoms with Gasteiger partial charge < -0.3 is 9.84 Å². The first-order valence-corrected chi connectivity index (χ1v) is 4.87. The maximum Gasteiger partial charge on any atom is 0.418 e. The fourth-order valence-corrected chi connectivity index (χ4v) is 1.58. The maximum atomic E-state index is 11.0. The fourth-order valence-electron chi connectivity index (χ4n) is 1.58. The molecule has 1 N–H and O–H groups in total. The van der Waals surface area contributed by atoms with Gasteiger partial charge in [0.1, 0.15) is 5.60 Å². The van der Waals surface area contributed by atoms with Crippen molar-refractivity contribution in [3.05, 3.63) is 35.4 Å². The summed E-state index contributed by atoms with van der Waals surface area (Å²) in [6.45, 7) is 5.21. The van der Waals surface area contributed by atoms with Gasteiger partial charge in [-0.25, -0.2) is 9.59 Å². The second-order valence-corrected chi connectivity index (χ2v) is 4.02. The van der Waals surface area contributed by atoms with Crippen LogP contribution >= 0.6 is 0 Å². The predicted octanol–water partition coefficient (Wildman–Crippen LogP) is 1.86. The van der Waals surface area contributed by atoms with Gasteiger partial charge in [-0.1, -0.05) is 24.3 Å². The van der Waals surface area contributed by atoms with Crippen LogP contribution in [0.1, 0.15) is 25.0 Å². The normalized spacial score (nSPS) is 10.9. The predicted molar refractivity (Wildman–Crippen MR) is 57.9 cm³/mol. The number of rotatable bonds is 2. The van der Waals surface area contributed by atoms with E-state index in [2.05, 4.69) is 0 Å². The van der Waals surface area contributed by atoms with Gasteiger partial charge in [-0.3, -0.25) is 0 Å². The highest BCUT2D eigenvalue weighted by atomic mass is 16.6. The zero-order valence-corrected chi connectivity index (χ0v) is 9.48. The zero-order chi connectivity index (χ0) is 12.3. The Hall–Kier alpha value is -1.84. The molecule has 0 bridgehead atoms. The van der Waals surface area contributed by atoms with Gasteiger partial charge in [-0.05, 0) is 31.9 Å². The zero-order valence-electron chi connectivity index (χ0n) is 9.48. The molecular weight excluding hydrogens is 208 g/mol. The van der Waals surface area contributed by atoms with Gasteiger partial charge in [0.25, 0.3) is 0 Å². The molecule has 4 nitrogen and oxygen atoms in total. The van der Waals surface area contributed by atoms with E-state index in [1.54, 1.807) is 13.8 Å². The van der Waals surface area contributed by atoms with E-state index in [4.69, 9.17) is 9.84 Å². The van der Waals surface area contributed by atoms with E-state index in [9.17, 15) is 9.59 Å². The second kappa shape index (κ2) is 4.35. The molecular formula is C12H14O4. The average molecular weight is 222 g/mol. The minimum absolute atomic E-state index is 0.796. The van der Waals surface area contributed by atoms with Crippen LogP contribution in [-0.4, -0.2) is 17.0 Å². The van der Waals surface area contributed by atoms with E-state index >= 15 is 0 Å². The molecule has 0 aliphatic rings. The van der Waals surface area contributed by atoms with Crippen LogP contribution in [0.5, 0.6) is 0 Å². The first kappa shape index (κ1) is 12.2. The Morgan fingerprint density at radius 2 is 1.81 bits per heavy atom. The lowest BCUT2D eigenvalue weighted by molar-refractivity contribution is -0.173. The molecule has 1 aromatic carbocycles. The molecule has 1 aromatic rings. The van der Waals surface area contributed by atoms with Crippen LogP contribution in [0.15, 0.2) is 24.3 Å². The monoisotopic (exact) mass is 222 g/mol. The molecule has 1 rings (SSSR count). The molecule has 0 heterocycles. The lowest BCUT2D eigenvalue weighted by Crippen LogP contribution is -2.30. The Balaban J connectivity index is 2.98. The number of esters is 1. The number of ether oxygens (including phenoxy) is 1. The number of hydrogen-bond acceptors (Lipinski definition) is 3. The minimum atomic E-state index is -1.58. The van der Waals surface area contributed by atoms with Gasteiger partial charge in [0.05, 0.1) is 0 Å². The van der Waals surface area contributed by atoms with Crippen LogP contribution in [0.4, 0.5) is 0 Å². The first-order valence-electron chi connectivity index (χ1n) is 4.87. The summed E-state index contributed by atoms with van der Waals surface area (Å²) >= 11 is 0. The third-order valence-corrected chi connectivity index (χ3v) is 2.32. The Labute approximate surface area is 93.9 Å².